The fourth-order valence-corrected chi connectivity index (χ4v) is 2.55. The summed E-state index contributed by atoms with van der Waals surface area (Å²) in [6, 6.07) is 1.81. The molecule has 0 N–H and O–H groups in total. The summed E-state index contributed by atoms with van der Waals surface area (Å²) < 4.78 is 6.81. The smallest absolute Gasteiger partial charge is 0.325 e. The molecule has 0 atom stereocenters. The number of carbonyl (C=O) groups is 2. The lowest BCUT2D eigenvalue weighted by Gasteiger charge is -2.22. The van der Waals surface area contributed by atoms with Gasteiger partial charge in [-0.1, -0.05) is 18.5 Å². The molecule has 0 aromatic carbocycles. The van der Waals surface area contributed by atoms with E-state index in [1.54, 1.807) is 24.1 Å². The third-order valence-electron chi connectivity index (χ3n) is 3.40. The summed E-state index contributed by atoms with van der Waals surface area (Å²) in [5.74, 6) is -0.511. The predicted molar refractivity (Wildman–Crippen MR) is 80.4 cm³/mol. The van der Waals surface area contributed by atoms with Crippen LogP contribution >= 0.6 is 11.6 Å². The number of rotatable bonds is 7. The third-order valence-corrected chi connectivity index (χ3v) is 3.61. The highest BCUT2D eigenvalue weighted by Gasteiger charge is 2.35. The molecule has 1 aliphatic rings. The van der Waals surface area contributed by atoms with Crippen LogP contribution in [0.2, 0.25) is 5.02 Å². The molecule has 1 heterocycles. The van der Waals surface area contributed by atoms with E-state index >= 15 is 0 Å². The number of aryl methyl sites for hydroxylation is 1. The first-order chi connectivity index (χ1) is 10.1. The van der Waals surface area contributed by atoms with Crippen LogP contribution in [0.15, 0.2) is 12.3 Å². The van der Waals surface area contributed by atoms with Crippen molar-refractivity contribution in [2.75, 3.05) is 13.2 Å². The molecule has 116 valence electrons. The van der Waals surface area contributed by atoms with Crippen LogP contribution in [0, 0.1) is 0 Å². The Bertz CT molecular complexity index is 523. The Morgan fingerprint density at radius 3 is 2.71 bits per heavy atom. The van der Waals surface area contributed by atoms with Crippen molar-refractivity contribution in [3.63, 3.8) is 0 Å². The van der Waals surface area contributed by atoms with E-state index in [0.29, 0.717) is 17.3 Å². The van der Waals surface area contributed by atoms with Gasteiger partial charge in [0.2, 0.25) is 0 Å². The molecular formula is C15H21ClN2O3. The van der Waals surface area contributed by atoms with Crippen LogP contribution in [0.1, 0.15) is 43.6 Å². The van der Waals surface area contributed by atoms with Crippen molar-refractivity contribution in [2.24, 2.45) is 0 Å². The van der Waals surface area contributed by atoms with Crippen LogP contribution in [0.3, 0.4) is 0 Å². The maximum absolute atomic E-state index is 12.7. The normalized spacial score (nSPS) is 14.0. The van der Waals surface area contributed by atoms with Crippen LogP contribution in [-0.2, 0) is 16.1 Å². The van der Waals surface area contributed by atoms with Gasteiger partial charge in [0.05, 0.1) is 11.6 Å². The van der Waals surface area contributed by atoms with E-state index in [-0.39, 0.29) is 24.5 Å². The van der Waals surface area contributed by atoms with Gasteiger partial charge in [0, 0.05) is 18.8 Å². The second kappa shape index (κ2) is 6.98. The SMILES string of the molecule is CCCn1cc(Cl)cc1C(=O)N(CC(=O)OCC)C1CC1. The Morgan fingerprint density at radius 2 is 2.14 bits per heavy atom. The van der Waals surface area contributed by atoms with Gasteiger partial charge in [-0.15, -0.1) is 0 Å². The van der Waals surface area contributed by atoms with Crippen molar-refractivity contribution >= 4 is 23.5 Å². The monoisotopic (exact) mass is 312 g/mol. The zero-order chi connectivity index (χ0) is 15.4. The quantitative estimate of drug-likeness (QED) is 0.727. The predicted octanol–water partition coefficient (Wildman–Crippen LogP) is 2.72. The molecule has 0 aliphatic heterocycles. The van der Waals surface area contributed by atoms with Crippen molar-refractivity contribution in [2.45, 2.75) is 45.7 Å². The Morgan fingerprint density at radius 1 is 1.43 bits per heavy atom. The maximum atomic E-state index is 12.7. The van der Waals surface area contributed by atoms with Gasteiger partial charge >= 0.3 is 5.97 Å². The molecule has 0 spiro atoms. The summed E-state index contributed by atoms with van der Waals surface area (Å²) in [6.07, 6.45) is 4.54. The molecule has 2 rings (SSSR count). The van der Waals surface area contributed by atoms with Gasteiger partial charge in [-0.05, 0) is 32.3 Å². The molecule has 21 heavy (non-hydrogen) atoms. The number of hydrogen-bond acceptors (Lipinski definition) is 3. The molecule has 1 aliphatic carbocycles. The van der Waals surface area contributed by atoms with Crippen molar-refractivity contribution in [1.29, 1.82) is 0 Å². The lowest BCUT2D eigenvalue weighted by molar-refractivity contribution is -0.144. The lowest BCUT2D eigenvalue weighted by atomic mass is 10.3. The van der Waals surface area contributed by atoms with Gasteiger partial charge in [-0.2, -0.15) is 0 Å². The zero-order valence-corrected chi connectivity index (χ0v) is 13.2. The Kier molecular flexibility index (Phi) is 5.28. The van der Waals surface area contributed by atoms with E-state index < -0.39 is 0 Å². The molecule has 6 heteroatoms. The Labute approximate surface area is 129 Å². The second-order valence-corrected chi connectivity index (χ2v) is 5.64. The molecule has 0 unspecified atom stereocenters. The summed E-state index contributed by atoms with van der Waals surface area (Å²) in [4.78, 5) is 26.0. The van der Waals surface area contributed by atoms with E-state index in [9.17, 15) is 9.59 Å². The number of esters is 1. The lowest BCUT2D eigenvalue weighted by Crippen LogP contribution is -2.39. The number of ether oxygens (including phenoxy) is 1. The summed E-state index contributed by atoms with van der Waals surface area (Å²) in [6.45, 7) is 4.86. The summed E-state index contributed by atoms with van der Waals surface area (Å²) in [5.41, 5.74) is 0.540. The Balaban J connectivity index is 2.16. The fraction of sp³-hybridized carbons (Fsp3) is 0.600. The van der Waals surface area contributed by atoms with Gasteiger partial charge in [0.1, 0.15) is 12.2 Å². The van der Waals surface area contributed by atoms with Gasteiger partial charge in [-0.3, -0.25) is 9.59 Å². The highest BCUT2D eigenvalue weighted by Crippen LogP contribution is 2.29. The fourth-order valence-electron chi connectivity index (χ4n) is 2.33. The van der Waals surface area contributed by atoms with Crippen molar-refractivity contribution in [3.8, 4) is 0 Å². The average Bonchev–Trinajstić information content (AvgIpc) is 3.20. The van der Waals surface area contributed by atoms with E-state index in [2.05, 4.69) is 0 Å². The molecule has 1 amide bonds. The van der Waals surface area contributed by atoms with Crippen LogP contribution < -0.4 is 0 Å². The van der Waals surface area contributed by atoms with Gasteiger partial charge in [0.15, 0.2) is 0 Å². The molecule has 1 aromatic rings. The van der Waals surface area contributed by atoms with Gasteiger partial charge in [0.25, 0.3) is 5.91 Å². The minimum absolute atomic E-state index is 0.00621. The number of aromatic nitrogens is 1. The summed E-state index contributed by atoms with van der Waals surface area (Å²) in [7, 11) is 0. The first kappa shape index (κ1) is 15.9. The van der Waals surface area contributed by atoms with Crippen molar-refractivity contribution in [3.05, 3.63) is 23.0 Å². The molecule has 5 nitrogen and oxygen atoms in total. The van der Waals surface area contributed by atoms with Crippen LogP contribution in [-0.4, -0.2) is 40.5 Å². The zero-order valence-electron chi connectivity index (χ0n) is 12.5. The molecule has 1 aromatic heterocycles. The number of halogens is 1. The van der Waals surface area contributed by atoms with E-state index in [1.165, 1.54) is 0 Å². The van der Waals surface area contributed by atoms with Crippen molar-refractivity contribution in [1.82, 2.24) is 9.47 Å². The highest BCUT2D eigenvalue weighted by atomic mass is 35.5. The third kappa shape index (κ3) is 4.00. The standard InChI is InChI=1S/C15H21ClN2O3/c1-3-7-17-9-11(16)8-13(17)15(20)18(12-5-6-12)10-14(19)21-4-2/h8-9,12H,3-7,10H2,1-2H3. The first-order valence-corrected chi connectivity index (χ1v) is 7.76. The maximum Gasteiger partial charge on any atom is 0.325 e. The van der Waals surface area contributed by atoms with Gasteiger partial charge < -0.3 is 14.2 Å². The van der Waals surface area contributed by atoms with Crippen LogP contribution in [0.5, 0.6) is 0 Å². The van der Waals surface area contributed by atoms with E-state index in [4.69, 9.17) is 16.3 Å². The first-order valence-electron chi connectivity index (χ1n) is 7.39. The summed E-state index contributed by atoms with van der Waals surface area (Å²) >= 11 is 6.02. The Hall–Kier alpha value is -1.49. The molecule has 1 fully saturated rings. The number of hydrogen-bond donors (Lipinski definition) is 0. The number of nitrogens with zero attached hydrogens (tertiary/aromatic N) is 2. The minimum Gasteiger partial charge on any atom is -0.465 e. The van der Waals surface area contributed by atoms with E-state index in [0.717, 1.165) is 25.8 Å². The van der Waals surface area contributed by atoms with Crippen LogP contribution in [0.25, 0.3) is 0 Å². The van der Waals surface area contributed by atoms with Crippen molar-refractivity contribution < 1.29 is 14.3 Å². The van der Waals surface area contributed by atoms with Crippen LogP contribution in [0.4, 0.5) is 0 Å². The summed E-state index contributed by atoms with van der Waals surface area (Å²) in [5, 5.41) is 0.540. The molecule has 1 saturated carbocycles. The topological polar surface area (TPSA) is 51.5 Å². The highest BCUT2D eigenvalue weighted by molar-refractivity contribution is 6.31. The number of carbonyl (C=O) groups excluding carboxylic acids is 2. The largest absolute Gasteiger partial charge is 0.465 e. The van der Waals surface area contributed by atoms with E-state index in [1.807, 2.05) is 11.5 Å². The molecule has 0 radical (unpaired) electrons. The molecule has 0 saturated heterocycles. The average molecular weight is 313 g/mol. The van der Waals surface area contributed by atoms with Gasteiger partial charge in [-0.25, -0.2) is 0 Å². The minimum atomic E-state index is -0.363. The molecular weight excluding hydrogens is 292 g/mol. The molecule has 0 bridgehead atoms. The number of amides is 1. The second-order valence-electron chi connectivity index (χ2n) is 5.21.